The topological polar surface area (TPSA) is 72.5 Å². The predicted octanol–water partition coefficient (Wildman–Crippen LogP) is 25.3. The number of ether oxygens (including phenoxy) is 6. The fraction of sp³-hybridized carbons (Fsp3) is 0.911. The third kappa shape index (κ3) is 80.5. The summed E-state index contributed by atoms with van der Waals surface area (Å²) in [5.74, 6) is -0.0330. The summed E-state index contributed by atoms with van der Waals surface area (Å²) < 4.78 is 34.5. The molecule has 86 heavy (non-hydrogen) atoms. The molecule has 0 heterocycles. The fourth-order valence-corrected chi connectivity index (χ4v) is 11.4. The van der Waals surface area contributed by atoms with Crippen LogP contribution in [0.3, 0.4) is 0 Å². The lowest BCUT2D eigenvalue weighted by Gasteiger charge is -2.06. The molecule has 0 saturated heterocycles. The van der Waals surface area contributed by atoms with Crippen LogP contribution < -0.4 is 0 Å². The number of hydrogen-bond donors (Lipinski definition) is 0. The summed E-state index contributed by atoms with van der Waals surface area (Å²) in [5.41, 5.74) is 0. The maximum absolute atomic E-state index is 12.0. The zero-order valence-corrected chi connectivity index (χ0v) is 58.3. The Morgan fingerprint density at radius 2 is 0.384 bits per heavy atom. The molecule has 0 unspecified atom stereocenters. The molecular formula is C79H152O7. The standard InChI is InChI=1S/C79H152O7/c1-3-5-7-9-11-13-15-17-19-25-32-38-44-50-56-62-69-82-75-76-83-71-64-58-52-46-40-34-28-22-23-29-35-41-47-53-59-65-72-85-78-77-84-70-63-57-51-45-39-33-27-21-20-26-31-37-43-49-55-61-68-81-73-66-74-86-79(80)67-60-54-48-42-36-30-24-18-16-14-12-10-8-6-4-2/h17,19-23H,3-16,18,24-78H2,1-2H3. The van der Waals surface area contributed by atoms with Crippen molar-refractivity contribution in [3.63, 3.8) is 0 Å². The molecule has 0 spiro atoms. The second-order valence-corrected chi connectivity index (χ2v) is 25.9. The van der Waals surface area contributed by atoms with Crippen molar-refractivity contribution in [3.05, 3.63) is 36.5 Å². The first-order valence-corrected chi connectivity index (χ1v) is 38.8. The molecule has 0 bridgehead atoms. The van der Waals surface area contributed by atoms with Crippen molar-refractivity contribution in [1.82, 2.24) is 0 Å². The normalized spacial score (nSPS) is 12.0. The number of esters is 1. The average molecular weight is 1210 g/mol. The summed E-state index contributed by atoms with van der Waals surface area (Å²) in [6.45, 7) is 13.1. The van der Waals surface area contributed by atoms with Crippen molar-refractivity contribution in [2.45, 2.75) is 393 Å². The Hall–Kier alpha value is -1.51. The van der Waals surface area contributed by atoms with Crippen molar-refractivity contribution >= 4 is 5.97 Å². The summed E-state index contributed by atoms with van der Waals surface area (Å²) in [5, 5.41) is 0. The molecule has 0 atom stereocenters. The first-order valence-electron chi connectivity index (χ1n) is 38.8. The third-order valence-corrected chi connectivity index (χ3v) is 17.2. The van der Waals surface area contributed by atoms with Crippen molar-refractivity contribution in [1.29, 1.82) is 0 Å². The second kappa shape index (κ2) is 81.5. The van der Waals surface area contributed by atoms with E-state index >= 15 is 0 Å². The van der Waals surface area contributed by atoms with E-state index in [0.717, 1.165) is 85.1 Å². The van der Waals surface area contributed by atoms with Crippen LogP contribution in [-0.2, 0) is 33.2 Å². The average Bonchev–Trinajstić information content (AvgIpc) is 3.52. The van der Waals surface area contributed by atoms with Crippen LogP contribution in [0, 0.1) is 0 Å². The minimum atomic E-state index is -0.0330. The largest absolute Gasteiger partial charge is 0.466 e. The van der Waals surface area contributed by atoms with Crippen molar-refractivity contribution in [2.75, 3.05) is 72.7 Å². The highest BCUT2D eigenvalue weighted by atomic mass is 16.5. The zero-order chi connectivity index (χ0) is 61.6. The van der Waals surface area contributed by atoms with Gasteiger partial charge in [-0.25, -0.2) is 0 Å². The van der Waals surface area contributed by atoms with Gasteiger partial charge in [-0.15, -0.1) is 0 Å². The molecule has 0 amide bonds. The van der Waals surface area contributed by atoms with E-state index < -0.39 is 0 Å². The van der Waals surface area contributed by atoms with E-state index in [-0.39, 0.29) is 5.97 Å². The Bertz CT molecular complexity index is 1300. The van der Waals surface area contributed by atoms with Crippen molar-refractivity contribution in [2.24, 2.45) is 0 Å². The van der Waals surface area contributed by atoms with Crippen molar-refractivity contribution in [3.8, 4) is 0 Å². The number of unbranched alkanes of at least 4 members (excludes halogenated alkanes) is 50. The van der Waals surface area contributed by atoms with E-state index in [9.17, 15) is 4.79 Å². The van der Waals surface area contributed by atoms with E-state index in [0.29, 0.717) is 19.6 Å². The van der Waals surface area contributed by atoms with E-state index in [1.54, 1.807) is 0 Å². The lowest BCUT2D eigenvalue weighted by Crippen LogP contribution is -2.08. The van der Waals surface area contributed by atoms with E-state index in [4.69, 9.17) is 28.4 Å². The minimum Gasteiger partial charge on any atom is -0.466 e. The number of hydrogen-bond acceptors (Lipinski definition) is 7. The smallest absolute Gasteiger partial charge is 0.305 e. The van der Waals surface area contributed by atoms with Gasteiger partial charge >= 0.3 is 5.97 Å². The van der Waals surface area contributed by atoms with Crippen LogP contribution in [-0.4, -0.2) is 78.6 Å². The van der Waals surface area contributed by atoms with Gasteiger partial charge in [-0.1, -0.05) is 301 Å². The highest BCUT2D eigenvalue weighted by Crippen LogP contribution is 2.17. The van der Waals surface area contributed by atoms with Gasteiger partial charge in [0.15, 0.2) is 0 Å². The monoisotopic (exact) mass is 1210 g/mol. The van der Waals surface area contributed by atoms with Gasteiger partial charge in [-0.05, 0) is 116 Å². The molecule has 510 valence electrons. The molecule has 0 radical (unpaired) electrons. The zero-order valence-electron chi connectivity index (χ0n) is 58.3. The summed E-state index contributed by atoms with van der Waals surface area (Å²) in [6.07, 6.45) is 91.1. The Morgan fingerprint density at radius 3 is 0.628 bits per heavy atom. The fourth-order valence-electron chi connectivity index (χ4n) is 11.4. The lowest BCUT2D eigenvalue weighted by atomic mass is 10.0. The highest BCUT2D eigenvalue weighted by Gasteiger charge is 2.04. The van der Waals surface area contributed by atoms with Crippen LogP contribution in [0.5, 0.6) is 0 Å². The number of carbonyl (C=O) groups excluding carboxylic acids is 1. The maximum Gasteiger partial charge on any atom is 0.305 e. The molecule has 0 rings (SSSR count). The molecule has 0 aromatic carbocycles. The van der Waals surface area contributed by atoms with Gasteiger partial charge in [-0.3, -0.25) is 4.79 Å². The molecule has 0 aliphatic heterocycles. The number of allylic oxidation sites excluding steroid dienone is 6. The molecule has 0 saturated carbocycles. The van der Waals surface area contributed by atoms with Crippen LogP contribution >= 0.6 is 0 Å². The van der Waals surface area contributed by atoms with Crippen molar-refractivity contribution < 1.29 is 33.2 Å². The van der Waals surface area contributed by atoms with Gasteiger partial charge < -0.3 is 28.4 Å². The molecule has 7 heteroatoms. The van der Waals surface area contributed by atoms with E-state index in [1.165, 1.54) is 347 Å². The van der Waals surface area contributed by atoms with Crippen LogP contribution in [0.4, 0.5) is 0 Å². The predicted molar refractivity (Wildman–Crippen MR) is 376 cm³/mol. The Kier molecular flexibility index (Phi) is 80.1. The second-order valence-electron chi connectivity index (χ2n) is 25.9. The maximum atomic E-state index is 12.0. The minimum absolute atomic E-state index is 0.0330. The molecule has 0 aliphatic carbocycles. The summed E-state index contributed by atoms with van der Waals surface area (Å²) in [4.78, 5) is 12.0. The first kappa shape index (κ1) is 84.5. The van der Waals surface area contributed by atoms with E-state index in [2.05, 4.69) is 50.3 Å². The number of carbonyl (C=O) groups is 1. The van der Waals surface area contributed by atoms with Gasteiger partial charge in [0.2, 0.25) is 0 Å². The van der Waals surface area contributed by atoms with Gasteiger partial charge in [0.25, 0.3) is 0 Å². The van der Waals surface area contributed by atoms with Gasteiger partial charge in [0, 0.05) is 52.5 Å². The molecule has 0 aliphatic rings. The first-order chi connectivity index (χ1) is 42.8. The van der Waals surface area contributed by atoms with Gasteiger partial charge in [-0.2, -0.15) is 0 Å². The molecule has 0 aromatic rings. The Balaban J connectivity index is 3.18. The molecule has 0 N–H and O–H groups in total. The van der Waals surface area contributed by atoms with Crippen LogP contribution in [0.25, 0.3) is 0 Å². The molecule has 7 nitrogen and oxygen atoms in total. The van der Waals surface area contributed by atoms with Crippen LogP contribution in [0.2, 0.25) is 0 Å². The summed E-state index contributed by atoms with van der Waals surface area (Å²) in [6, 6.07) is 0. The molecule has 0 fully saturated rings. The summed E-state index contributed by atoms with van der Waals surface area (Å²) >= 11 is 0. The molecular weight excluding hydrogens is 1060 g/mol. The van der Waals surface area contributed by atoms with Gasteiger partial charge in [0.1, 0.15) is 0 Å². The van der Waals surface area contributed by atoms with E-state index in [1.807, 2.05) is 0 Å². The summed E-state index contributed by atoms with van der Waals surface area (Å²) in [7, 11) is 0. The third-order valence-electron chi connectivity index (χ3n) is 17.2. The lowest BCUT2D eigenvalue weighted by molar-refractivity contribution is -0.144. The quantitative estimate of drug-likeness (QED) is 0.0341. The SMILES string of the molecule is CCCCCCCCC=CCCCCCCCCOCCOCCCCCCCCC=CCCCCCCCCOCCOCCCCCCCCC=CCCCCCCCCOCCCOC(=O)CCCCCCCCCCCCCCCCC. The highest BCUT2D eigenvalue weighted by molar-refractivity contribution is 5.69. The van der Waals surface area contributed by atoms with Crippen LogP contribution in [0.1, 0.15) is 393 Å². The molecule has 0 aromatic heterocycles. The Labute approximate surface area is 538 Å². The number of rotatable bonds is 78. The van der Waals surface area contributed by atoms with Gasteiger partial charge in [0.05, 0.1) is 33.0 Å². The van der Waals surface area contributed by atoms with Crippen LogP contribution in [0.15, 0.2) is 36.5 Å². The Morgan fingerprint density at radius 1 is 0.198 bits per heavy atom.